The molecular formula is C22H22N6O. The Morgan fingerprint density at radius 2 is 1.79 bits per heavy atom. The van der Waals surface area contributed by atoms with Gasteiger partial charge in [-0.3, -0.25) is 4.98 Å². The van der Waals surface area contributed by atoms with E-state index in [9.17, 15) is 0 Å². The largest absolute Gasteiger partial charge is 0.378 e. The molecule has 5 rings (SSSR count). The maximum Gasteiger partial charge on any atom is 0.154 e. The van der Waals surface area contributed by atoms with Crippen molar-refractivity contribution in [2.45, 2.75) is 6.54 Å². The molecule has 29 heavy (non-hydrogen) atoms. The van der Waals surface area contributed by atoms with Crippen LogP contribution in [0.3, 0.4) is 0 Å². The minimum absolute atomic E-state index is 0.623. The van der Waals surface area contributed by atoms with Crippen LogP contribution in [0.2, 0.25) is 0 Å². The quantitative estimate of drug-likeness (QED) is 0.568. The molecule has 1 aliphatic heterocycles. The normalized spacial score (nSPS) is 14.3. The van der Waals surface area contributed by atoms with Crippen LogP contribution < -0.4 is 10.2 Å². The second-order valence-electron chi connectivity index (χ2n) is 6.95. The van der Waals surface area contributed by atoms with Crippen molar-refractivity contribution in [2.75, 3.05) is 36.5 Å². The lowest BCUT2D eigenvalue weighted by molar-refractivity contribution is 0.122. The van der Waals surface area contributed by atoms with Crippen molar-refractivity contribution >= 4 is 17.2 Å². The van der Waals surface area contributed by atoms with E-state index < -0.39 is 0 Å². The Hall–Kier alpha value is -3.45. The van der Waals surface area contributed by atoms with Crippen LogP contribution in [0.5, 0.6) is 0 Å². The minimum Gasteiger partial charge on any atom is -0.378 e. The molecule has 1 N–H and O–H groups in total. The number of fused-ring (bicyclic) bond motifs is 1. The van der Waals surface area contributed by atoms with Crippen LogP contribution in [0.25, 0.3) is 16.9 Å². The third-order valence-corrected chi connectivity index (χ3v) is 5.08. The monoisotopic (exact) mass is 386 g/mol. The number of anilines is 2. The Morgan fingerprint density at radius 3 is 2.59 bits per heavy atom. The van der Waals surface area contributed by atoms with Crippen LogP contribution in [0.4, 0.5) is 11.5 Å². The summed E-state index contributed by atoms with van der Waals surface area (Å²) in [4.78, 5) is 11.2. The van der Waals surface area contributed by atoms with Gasteiger partial charge in [0.25, 0.3) is 0 Å². The maximum absolute atomic E-state index is 5.44. The van der Waals surface area contributed by atoms with E-state index in [0.717, 1.165) is 54.7 Å². The number of aromatic nitrogens is 4. The summed E-state index contributed by atoms with van der Waals surface area (Å²) in [6.45, 7) is 4.06. The molecule has 1 saturated heterocycles. The summed E-state index contributed by atoms with van der Waals surface area (Å²) in [6, 6.07) is 18.4. The van der Waals surface area contributed by atoms with Gasteiger partial charge < -0.3 is 15.0 Å². The van der Waals surface area contributed by atoms with Gasteiger partial charge in [0, 0.05) is 30.5 Å². The highest BCUT2D eigenvalue weighted by molar-refractivity contribution is 5.66. The second-order valence-corrected chi connectivity index (χ2v) is 6.95. The molecule has 146 valence electrons. The highest BCUT2D eigenvalue weighted by Gasteiger charge is 2.12. The third kappa shape index (κ3) is 3.77. The van der Waals surface area contributed by atoms with Crippen LogP contribution in [0, 0.1) is 0 Å². The van der Waals surface area contributed by atoms with E-state index in [1.165, 1.54) is 5.69 Å². The molecule has 4 heterocycles. The number of nitrogens with one attached hydrogen (secondary N) is 1. The molecule has 0 aliphatic carbocycles. The fraction of sp³-hybridized carbons (Fsp3) is 0.227. The zero-order valence-corrected chi connectivity index (χ0v) is 16.0. The van der Waals surface area contributed by atoms with E-state index in [2.05, 4.69) is 44.5 Å². The van der Waals surface area contributed by atoms with Gasteiger partial charge in [0.05, 0.1) is 37.3 Å². The molecule has 0 atom stereocenters. The lowest BCUT2D eigenvalue weighted by Gasteiger charge is -2.28. The summed E-state index contributed by atoms with van der Waals surface area (Å²) in [5, 5.41) is 8.06. The van der Waals surface area contributed by atoms with Crippen molar-refractivity contribution < 1.29 is 4.74 Å². The summed E-state index contributed by atoms with van der Waals surface area (Å²) >= 11 is 0. The van der Waals surface area contributed by atoms with Crippen molar-refractivity contribution in [3.05, 3.63) is 72.7 Å². The van der Waals surface area contributed by atoms with Gasteiger partial charge in [0.2, 0.25) is 0 Å². The van der Waals surface area contributed by atoms with Crippen molar-refractivity contribution in [2.24, 2.45) is 0 Å². The van der Waals surface area contributed by atoms with Crippen LogP contribution in [0.15, 0.2) is 67.0 Å². The molecule has 7 heteroatoms. The molecule has 7 nitrogen and oxygen atoms in total. The van der Waals surface area contributed by atoms with Gasteiger partial charge >= 0.3 is 0 Å². The Kier molecular flexibility index (Phi) is 4.80. The van der Waals surface area contributed by atoms with Crippen LogP contribution >= 0.6 is 0 Å². The van der Waals surface area contributed by atoms with Gasteiger partial charge in [0.1, 0.15) is 5.82 Å². The smallest absolute Gasteiger partial charge is 0.154 e. The first kappa shape index (κ1) is 17.6. The van der Waals surface area contributed by atoms with Gasteiger partial charge in [-0.1, -0.05) is 18.2 Å². The predicted molar refractivity (Wildman–Crippen MR) is 113 cm³/mol. The number of morpholine rings is 1. The number of benzene rings is 1. The molecule has 0 unspecified atom stereocenters. The SMILES string of the molecule is c1ccc(CNc2ccc3ncc(-c4ccc(N5CCOCC5)cc4)n3n2)nc1. The average molecular weight is 386 g/mol. The van der Waals surface area contributed by atoms with Crippen molar-refractivity contribution in [1.82, 2.24) is 19.6 Å². The van der Waals surface area contributed by atoms with Crippen molar-refractivity contribution in [3.8, 4) is 11.3 Å². The van der Waals surface area contributed by atoms with Gasteiger partial charge in [-0.25, -0.2) is 9.50 Å². The number of pyridine rings is 1. The molecule has 0 bridgehead atoms. The number of imidazole rings is 1. The zero-order valence-electron chi connectivity index (χ0n) is 16.0. The molecule has 1 fully saturated rings. The van der Waals surface area contributed by atoms with Crippen molar-refractivity contribution in [3.63, 3.8) is 0 Å². The van der Waals surface area contributed by atoms with Crippen LogP contribution in [-0.2, 0) is 11.3 Å². The molecule has 0 spiro atoms. The summed E-state index contributed by atoms with van der Waals surface area (Å²) in [6.07, 6.45) is 3.66. The Bertz CT molecular complexity index is 1090. The number of rotatable bonds is 5. The topological polar surface area (TPSA) is 67.6 Å². The Labute approximate surface area is 169 Å². The summed E-state index contributed by atoms with van der Waals surface area (Å²) in [5.74, 6) is 0.785. The number of ether oxygens (including phenoxy) is 1. The average Bonchev–Trinajstić information content (AvgIpc) is 3.22. The van der Waals surface area contributed by atoms with E-state index in [1.54, 1.807) is 6.20 Å². The lowest BCUT2D eigenvalue weighted by Crippen LogP contribution is -2.36. The molecule has 1 aliphatic rings. The highest BCUT2D eigenvalue weighted by atomic mass is 16.5. The zero-order chi connectivity index (χ0) is 19.5. The highest BCUT2D eigenvalue weighted by Crippen LogP contribution is 2.24. The Morgan fingerprint density at radius 1 is 0.931 bits per heavy atom. The van der Waals surface area contributed by atoms with Crippen molar-refractivity contribution in [1.29, 1.82) is 0 Å². The number of nitrogens with zero attached hydrogens (tertiary/aromatic N) is 5. The maximum atomic E-state index is 5.44. The molecule has 0 saturated carbocycles. The van der Waals surface area contributed by atoms with Gasteiger partial charge in [-0.15, -0.1) is 5.10 Å². The molecule has 3 aromatic heterocycles. The summed E-state index contributed by atoms with van der Waals surface area (Å²) < 4.78 is 7.32. The molecule has 0 amide bonds. The minimum atomic E-state index is 0.623. The second kappa shape index (κ2) is 7.89. The fourth-order valence-corrected chi connectivity index (χ4v) is 3.51. The van der Waals surface area contributed by atoms with E-state index in [-0.39, 0.29) is 0 Å². The van der Waals surface area contributed by atoms with Gasteiger partial charge in [-0.2, -0.15) is 0 Å². The first-order valence-corrected chi connectivity index (χ1v) is 9.78. The number of hydrogen-bond donors (Lipinski definition) is 1. The molecule has 0 radical (unpaired) electrons. The van der Waals surface area contributed by atoms with E-state index in [1.807, 2.05) is 41.0 Å². The first-order valence-electron chi connectivity index (χ1n) is 9.78. The van der Waals surface area contributed by atoms with Gasteiger partial charge in [-0.05, 0) is 36.4 Å². The van der Waals surface area contributed by atoms with E-state index in [0.29, 0.717) is 6.54 Å². The fourth-order valence-electron chi connectivity index (χ4n) is 3.51. The van der Waals surface area contributed by atoms with E-state index >= 15 is 0 Å². The van der Waals surface area contributed by atoms with E-state index in [4.69, 9.17) is 9.84 Å². The summed E-state index contributed by atoms with van der Waals surface area (Å²) in [5.41, 5.74) is 5.06. The number of hydrogen-bond acceptors (Lipinski definition) is 6. The van der Waals surface area contributed by atoms with Crippen LogP contribution in [-0.4, -0.2) is 45.9 Å². The predicted octanol–water partition coefficient (Wildman–Crippen LogP) is 3.24. The molecule has 1 aromatic carbocycles. The molecule has 4 aromatic rings. The third-order valence-electron chi connectivity index (χ3n) is 5.08. The Balaban J connectivity index is 1.38. The lowest BCUT2D eigenvalue weighted by atomic mass is 10.1. The standard InChI is InChI=1S/C22H22N6O/c1-2-10-23-18(3-1)15-24-21-8-9-22-25-16-20(28(22)26-21)17-4-6-19(7-5-17)27-11-13-29-14-12-27/h1-10,16H,11-15H2,(H,24,26). The summed E-state index contributed by atoms with van der Waals surface area (Å²) in [7, 11) is 0. The van der Waals surface area contributed by atoms with Gasteiger partial charge in [0.15, 0.2) is 5.65 Å². The molecular weight excluding hydrogens is 364 g/mol. The van der Waals surface area contributed by atoms with Crippen LogP contribution in [0.1, 0.15) is 5.69 Å². The first-order chi connectivity index (χ1) is 14.4.